The second kappa shape index (κ2) is 7.09. The lowest BCUT2D eigenvalue weighted by Crippen LogP contribution is -2.52. The van der Waals surface area contributed by atoms with E-state index in [1.54, 1.807) is 18.7 Å². The van der Waals surface area contributed by atoms with Gasteiger partial charge in [0.1, 0.15) is 5.54 Å². The Morgan fingerprint density at radius 2 is 2.07 bits per heavy atom. The number of aliphatic hydroxyl groups is 1. The Bertz CT molecular complexity index is 199. The second-order valence-corrected chi connectivity index (χ2v) is 5.25. The van der Waals surface area contributed by atoms with Crippen molar-refractivity contribution in [1.82, 2.24) is 5.32 Å². The van der Waals surface area contributed by atoms with Crippen LogP contribution in [0.15, 0.2) is 0 Å². The van der Waals surface area contributed by atoms with Crippen LogP contribution in [-0.2, 0) is 4.79 Å². The predicted molar refractivity (Wildman–Crippen MR) is 63.3 cm³/mol. The minimum Gasteiger partial charge on any atom is -0.480 e. The van der Waals surface area contributed by atoms with Crippen LogP contribution in [0.1, 0.15) is 27.2 Å². The van der Waals surface area contributed by atoms with Crippen LogP contribution in [0.2, 0.25) is 0 Å². The average Bonchev–Trinajstić information content (AvgIpc) is 2.11. The molecule has 90 valence electrons. The Morgan fingerprint density at radius 3 is 2.47 bits per heavy atom. The van der Waals surface area contributed by atoms with Gasteiger partial charge in [-0.1, -0.05) is 0 Å². The number of aliphatic carboxylic acids is 1. The van der Waals surface area contributed by atoms with E-state index in [4.69, 9.17) is 10.2 Å². The van der Waals surface area contributed by atoms with E-state index in [1.807, 2.05) is 13.8 Å². The summed E-state index contributed by atoms with van der Waals surface area (Å²) in [6.45, 7) is 5.71. The Morgan fingerprint density at radius 1 is 1.47 bits per heavy atom. The highest BCUT2D eigenvalue weighted by Gasteiger charge is 2.32. The van der Waals surface area contributed by atoms with Crippen molar-refractivity contribution in [3.8, 4) is 0 Å². The fourth-order valence-electron chi connectivity index (χ4n) is 1.32. The zero-order valence-electron chi connectivity index (χ0n) is 9.62. The summed E-state index contributed by atoms with van der Waals surface area (Å²) >= 11 is 1.57. The topological polar surface area (TPSA) is 69.6 Å². The van der Waals surface area contributed by atoms with Crippen LogP contribution in [0.4, 0.5) is 0 Å². The van der Waals surface area contributed by atoms with Crippen molar-refractivity contribution < 1.29 is 15.0 Å². The molecular formula is C10H21NO3S. The SMILES string of the molecule is CC(C)NC(C)(CCSCCO)C(=O)O. The van der Waals surface area contributed by atoms with Crippen molar-refractivity contribution in [2.75, 3.05) is 18.1 Å². The van der Waals surface area contributed by atoms with E-state index in [1.165, 1.54) is 0 Å². The van der Waals surface area contributed by atoms with Crippen LogP contribution in [0.5, 0.6) is 0 Å². The third-order valence-corrected chi connectivity index (χ3v) is 3.03. The van der Waals surface area contributed by atoms with Gasteiger partial charge in [-0.05, 0) is 32.9 Å². The van der Waals surface area contributed by atoms with E-state index in [0.717, 1.165) is 5.75 Å². The number of carboxylic acid groups (broad SMARTS) is 1. The van der Waals surface area contributed by atoms with Gasteiger partial charge in [-0.25, -0.2) is 0 Å². The van der Waals surface area contributed by atoms with Gasteiger partial charge in [0.15, 0.2) is 0 Å². The normalized spacial score (nSPS) is 15.3. The first-order valence-corrected chi connectivity index (χ1v) is 6.27. The number of nitrogens with one attached hydrogen (secondary N) is 1. The minimum absolute atomic E-state index is 0.145. The summed E-state index contributed by atoms with van der Waals surface area (Å²) in [6.07, 6.45) is 0.561. The van der Waals surface area contributed by atoms with Crippen LogP contribution in [0.25, 0.3) is 0 Å². The van der Waals surface area contributed by atoms with Crippen LogP contribution >= 0.6 is 11.8 Å². The zero-order chi connectivity index (χ0) is 11.9. The molecule has 3 N–H and O–H groups in total. The quantitative estimate of drug-likeness (QED) is 0.546. The number of carbonyl (C=O) groups is 1. The van der Waals surface area contributed by atoms with Crippen molar-refractivity contribution in [3.05, 3.63) is 0 Å². The number of hydrogen-bond acceptors (Lipinski definition) is 4. The summed E-state index contributed by atoms with van der Waals surface area (Å²) in [4.78, 5) is 11.1. The number of carboxylic acids is 1. The smallest absolute Gasteiger partial charge is 0.323 e. The van der Waals surface area contributed by atoms with Gasteiger partial charge in [0.2, 0.25) is 0 Å². The maximum atomic E-state index is 11.1. The molecule has 0 radical (unpaired) electrons. The maximum absolute atomic E-state index is 11.1. The molecule has 0 aromatic carbocycles. The molecule has 0 saturated heterocycles. The largest absolute Gasteiger partial charge is 0.480 e. The van der Waals surface area contributed by atoms with Gasteiger partial charge in [0.05, 0.1) is 6.61 Å². The standard InChI is InChI=1S/C10H21NO3S/c1-8(2)11-10(3,9(13)14)4-6-15-7-5-12/h8,11-12H,4-7H2,1-3H3,(H,13,14). The first-order valence-electron chi connectivity index (χ1n) is 5.12. The van der Waals surface area contributed by atoms with Gasteiger partial charge in [-0.2, -0.15) is 11.8 Å². The van der Waals surface area contributed by atoms with Gasteiger partial charge in [0.25, 0.3) is 0 Å². The van der Waals surface area contributed by atoms with Gasteiger partial charge in [-0.15, -0.1) is 0 Å². The van der Waals surface area contributed by atoms with E-state index in [0.29, 0.717) is 12.2 Å². The van der Waals surface area contributed by atoms with Crippen molar-refractivity contribution in [2.24, 2.45) is 0 Å². The summed E-state index contributed by atoms with van der Waals surface area (Å²) in [7, 11) is 0. The third kappa shape index (κ3) is 6.02. The molecule has 0 aliphatic rings. The summed E-state index contributed by atoms with van der Waals surface area (Å²) < 4.78 is 0. The first-order chi connectivity index (χ1) is 6.92. The summed E-state index contributed by atoms with van der Waals surface area (Å²) in [6, 6.07) is 0.147. The number of rotatable bonds is 8. The number of hydrogen-bond donors (Lipinski definition) is 3. The zero-order valence-corrected chi connectivity index (χ0v) is 10.4. The average molecular weight is 235 g/mol. The highest BCUT2D eigenvalue weighted by molar-refractivity contribution is 7.99. The fraction of sp³-hybridized carbons (Fsp3) is 0.900. The molecule has 0 spiro atoms. The summed E-state index contributed by atoms with van der Waals surface area (Å²) in [5.41, 5.74) is -0.864. The molecule has 1 atom stereocenters. The van der Waals surface area contributed by atoms with Crippen molar-refractivity contribution in [3.63, 3.8) is 0 Å². The van der Waals surface area contributed by atoms with Gasteiger partial charge >= 0.3 is 5.97 Å². The first kappa shape index (κ1) is 14.7. The van der Waals surface area contributed by atoms with Gasteiger partial charge in [-0.3, -0.25) is 10.1 Å². The second-order valence-electron chi connectivity index (χ2n) is 4.02. The van der Waals surface area contributed by atoms with E-state index in [2.05, 4.69) is 5.32 Å². The van der Waals surface area contributed by atoms with Crippen molar-refractivity contribution >= 4 is 17.7 Å². The molecule has 0 rings (SSSR count). The van der Waals surface area contributed by atoms with E-state index >= 15 is 0 Å². The van der Waals surface area contributed by atoms with E-state index < -0.39 is 11.5 Å². The lowest BCUT2D eigenvalue weighted by Gasteiger charge is -2.28. The predicted octanol–water partition coefficient (Wildman–Crippen LogP) is 0.943. The Hall–Kier alpha value is -0.260. The lowest BCUT2D eigenvalue weighted by atomic mass is 9.98. The molecule has 0 bridgehead atoms. The highest BCUT2D eigenvalue weighted by atomic mass is 32.2. The van der Waals surface area contributed by atoms with Gasteiger partial charge in [0, 0.05) is 11.8 Å². The van der Waals surface area contributed by atoms with Crippen LogP contribution in [-0.4, -0.2) is 45.9 Å². The summed E-state index contributed by atoms with van der Waals surface area (Å²) in [5.74, 6) is 0.585. The molecule has 4 nitrogen and oxygen atoms in total. The molecular weight excluding hydrogens is 214 g/mol. The molecule has 0 aliphatic carbocycles. The molecule has 1 unspecified atom stereocenters. The lowest BCUT2D eigenvalue weighted by molar-refractivity contribution is -0.144. The molecule has 15 heavy (non-hydrogen) atoms. The maximum Gasteiger partial charge on any atom is 0.323 e. The van der Waals surface area contributed by atoms with E-state index in [9.17, 15) is 4.79 Å². The van der Waals surface area contributed by atoms with Crippen LogP contribution in [0, 0.1) is 0 Å². The minimum atomic E-state index is -0.864. The monoisotopic (exact) mass is 235 g/mol. The van der Waals surface area contributed by atoms with Gasteiger partial charge < -0.3 is 10.2 Å². The van der Waals surface area contributed by atoms with Crippen molar-refractivity contribution in [2.45, 2.75) is 38.8 Å². The molecule has 0 amide bonds. The Kier molecular flexibility index (Phi) is 6.96. The number of aliphatic hydroxyl groups excluding tert-OH is 1. The molecule has 5 heteroatoms. The molecule has 0 aromatic heterocycles. The van der Waals surface area contributed by atoms with Crippen LogP contribution in [0.3, 0.4) is 0 Å². The number of thioether (sulfide) groups is 1. The Labute approximate surface area is 95.4 Å². The molecule has 0 heterocycles. The van der Waals surface area contributed by atoms with E-state index in [-0.39, 0.29) is 12.6 Å². The third-order valence-electron chi connectivity index (χ3n) is 2.06. The van der Waals surface area contributed by atoms with Crippen molar-refractivity contribution in [1.29, 1.82) is 0 Å². The van der Waals surface area contributed by atoms with Crippen LogP contribution < -0.4 is 5.32 Å². The Balaban J connectivity index is 4.08. The molecule has 0 aliphatic heterocycles. The molecule has 0 saturated carbocycles. The molecule has 0 fully saturated rings. The molecule has 0 aromatic rings. The highest BCUT2D eigenvalue weighted by Crippen LogP contribution is 2.15. The fourth-order valence-corrected chi connectivity index (χ4v) is 2.21. The summed E-state index contributed by atoms with van der Waals surface area (Å²) in [5, 5.41) is 20.8.